The molecule has 5 heteroatoms. The van der Waals surface area contributed by atoms with Crippen LogP contribution in [0.2, 0.25) is 0 Å². The van der Waals surface area contributed by atoms with Crippen LogP contribution >= 0.6 is 0 Å². The van der Waals surface area contributed by atoms with E-state index in [4.69, 9.17) is 5.73 Å². The summed E-state index contributed by atoms with van der Waals surface area (Å²) in [6.07, 6.45) is 2.59. The van der Waals surface area contributed by atoms with Crippen molar-refractivity contribution < 1.29 is 4.79 Å². The first-order chi connectivity index (χ1) is 7.53. The number of nitrogens with two attached hydrogens (primary N) is 1. The van der Waals surface area contributed by atoms with E-state index in [0.717, 1.165) is 32.4 Å². The molecular formula is C11H20N4O. The lowest BCUT2D eigenvalue weighted by Gasteiger charge is -2.25. The molecule has 1 unspecified atom stereocenters. The third kappa shape index (κ3) is 1.91. The minimum absolute atomic E-state index is 0.0180. The van der Waals surface area contributed by atoms with Crippen LogP contribution in [0.3, 0.4) is 0 Å². The molecule has 2 aliphatic heterocycles. The fourth-order valence-electron chi connectivity index (χ4n) is 2.54. The smallest absolute Gasteiger partial charge is 0.254 e. The number of carbonyl (C=O) groups is 1. The second-order valence-electron chi connectivity index (χ2n) is 4.97. The van der Waals surface area contributed by atoms with E-state index in [2.05, 4.69) is 29.1 Å². The molecule has 2 aliphatic rings. The molecule has 16 heavy (non-hydrogen) atoms. The molecule has 1 amide bonds. The maximum atomic E-state index is 11.9. The standard InChI is InChI=1S/C11H20N4O/c1-8(2)15-6-3-4-11(5-7-15)9(16)13-10(12)14-11/h8H,3-7H2,1-2H3,(H3,12,13,14,16). The summed E-state index contributed by atoms with van der Waals surface area (Å²) in [5.41, 5.74) is 5.00. The number of guanidine groups is 1. The number of likely N-dealkylation sites (tertiary alicyclic amines) is 1. The van der Waals surface area contributed by atoms with Crippen LogP contribution in [-0.4, -0.2) is 41.4 Å². The second kappa shape index (κ2) is 4.05. The van der Waals surface area contributed by atoms with Crippen LogP contribution in [0.25, 0.3) is 0 Å². The third-order valence-electron chi connectivity index (χ3n) is 3.58. The van der Waals surface area contributed by atoms with E-state index in [1.165, 1.54) is 0 Å². The highest BCUT2D eigenvalue weighted by Gasteiger charge is 2.43. The summed E-state index contributed by atoms with van der Waals surface area (Å²) in [6.45, 7) is 6.33. The molecule has 1 spiro atoms. The maximum absolute atomic E-state index is 11.9. The Hall–Kier alpha value is -1.10. The van der Waals surface area contributed by atoms with Crippen molar-refractivity contribution in [1.29, 1.82) is 0 Å². The molecule has 2 rings (SSSR count). The van der Waals surface area contributed by atoms with Gasteiger partial charge in [0.25, 0.3) is 5.91 Å². The molecule has 0 aromatic carbocycles. The Kier molecular flexibility index (Phi) is 2.88. The average Bonchev–Trinajstić information content (AvgIpc) is 2.37. The average molecular weight is 224 g/mol. The predicted octanol–water partition coefficient (Wildman–Crippen LogP) is 0.0640. The van der Waals surface area contributed by atoms with Crippen molar-refractivity contribution in [3.05, 3.63) is 0 Å². The van der Waals surface area contributed by atoms with Crippen molar-refractivity contribution in [2.45, 2.75) is 44.7 Å². The highest BCUT2D eigenvalue weighted by atomic mass is 16.2. The largest absolute Gasteiger partial charge is 0.370 e. The first-order valence-electron chi connectivity index (χ1n) is 5.94. The van der Waals surface area contributed by atoms with Crippen LogP contribution in [0.4, 0.5) is 0 Å². The van der Waals surface area contributed by atoms with Gasteiger partial charge in [-0.05, 0) is 39.7 Å². The number of hydrogen-bond acceptors (Lipinski definition) is 4. The van der Waals surface area contributed by atoms with Crippen molar-refractivity contribution >= 4 is 11.9 Å². The van der Waals surface area contributed by atoms with Crippen molar-refractivity contribution in [3.63, 3.8) is 0 Å². The summed E-state index contributed by atoms with van der Waals surface area (Å²) in [5, 5.41) is 2.62. The van der Waals surface area contributed by atoms with Crippen LogP contribution in [0.1, 0.15) is 33.1 Å². The first kappa shape index (κ1) is 11.4. The molecule has 1 atom stereocenters. The third-order valence-corrected chi connectivity index (χ3v) is 3.58. The molecule has 0 bridgehead atoms. The van der Waals surface area contributed by atoms with E-state index >= 15 is 0 Å². The van der Waals surface area contributed by atoms with Crippen LogP contribution < -0.4 is 11.1 Å². The van der Waals surface area contributed by atoms with Gasteiger partial charge in [0.2, 0.25) is 0 Å². The van der Waals surface area contributed by atoms with E-state index in [1.807, 2.05) is 0 Å². The Morgan fingerprint density at radius 2 is 2.19 bits per heavy atom. The van der Waals surface area contributed by atoms with Gasteiger partial charge in [-0.15, -0.1) is 0 Å². The van der Waals surface area contributed by atoms with Gasteiger partial charge < -0.3 is 10.6 Å². The van der Waals surface area contributed by atoms with Crippen molar-refractivity contribution in [2.75, 3.05) is 13.1 Å². The van der Waals surface area contributed by atoms with Gasteiger partial charge >= 0.3 is 0 Å². The number of nitrogens with one attached hydrogen (secondary N) is 1. The lowest BCUT2D eigenvalue weighted by Crippen LogP contribution is -2.41. The molecule has 1 saturated heterocycles. The number of amides is 1. The van der Waals surface area contributed by atoms with Gasteiger partial charge in [-0.25, -0.2) is 4.99 Å². The van der Waals surface area contributed by atoms with Gasteiger partial charge in [0, 0.05) is 12.6 Å². The summed E-state index contributed by atoms with van der Waals surface area (Å²) in [5.74, 6) is 0.263. The predicted molar refractivity (Wildman–Crippen MR) is 63.1 cm³/mol. The molecule has 2 heterocycles. The monoisotopic (exact) mass is 224 g/mol. The molecule has 5 nitrogen and oxygen atoms in total. The highest BCUT2D eigenvalue weighted by Crippen LogP contribution is 2.29. The van der Waals surface area contributed by atoms with Crippen LogP contribution in [0.15, 0.2) is 4.99 Å². The van der Waals surface area contributed by atoms with E-state index in [0.29, 0.717) is 6.04 Å². The van der Waals surface area contributed by atoms with E-state index in [-0.39, 0.29) is 11.9 Å². The molecule has 3 N–H and O–H groups in total. The van der Waals surface area contributed by atoms with Gasteiger partial charge in [0.05, 0.1) is 0 Å². The minimum Gasteiger partial charge on any atom is -0.370 e. The number of aliphatic imine (C=N–C) groups is 1. The SMILES string of the molecule is CC(C)N1CCCC2(CC1)N=C(N)NC2=O. The van der Waals surface area contributed by atoms with E-state index < -0.39 is 5.54 Å². The summed E-state index contributed by atoms with van der Waals surface area (Å²) in [4.78, 5) is 18.6. The molecule has 0 saturated carbocycles. The fraction of sp³-hybridized carbons (Fsp3) is 0.818. The summed E-state index contributed by atoms with van der Waals surface area (Å²) in [6, 6.07) is 0.529. The van der Waals surface area contributed by atoms with Crippen LogP contribution in [0, 0.1) is 0 Å². The zero-order valence-electron chi connectivity index (χ0n) is 9.99. The number of hydrogen-bond donors (Lipinski definition) is 2. The number of carbonyl (C=O) groups excluding carboxylic acids is 1. The molecule has 0 radical (unpaired) electrons. The molecule has 0 aliphatic carbocycles. The Morgan fingerprint density at radius 3 is 2.75 bits per heavy atom. The van der Waals surface area contributed by atoms with Gasteiger partial charge in [0.1, 0.15) is 5.54 Å². The quantitative estimate of drug-likeness (QED) is 0.662. The lowest BCUT2D eigenvalue weighted by atomic mass is 9.91. The van der Waals surface area contributed by atoms with Gasteiger partial charge in [-0.1, -0.05) is 0 Å². The maximum Gasteiger partial charge on any atom is 0.254 e. The summed E-state index contributed by atoms with van der Waals surface area (Å²) >= 11 is 0. The zero-order valence-corrected chi connectivity index (χ0v) is 9.99. The topological polar surface area (TPSA) is 70.7 Å². The molecule has 0 aromatic rings. The summed E-state index contributed by atoms with van der Waals surface area (Å²) < 4.78 is 0. The Bertz CT molecular complexity index is 326. The molecule has 90 valence electrons. The van der Waals surface area contributed by atoms with Crippen molar-refractivity contribution in [2.24, 2.45) is 10.7 Å². The fourth-order valence-corrected chi connectivity index (χ4v) is 2.54. The molecule has 1 fully saturated rings. The second-order valence-corrected chi connectivity index (χ2v) is 4.97. The van der Waals surface area contributed by atoms with Crippen molar-refractivity contribution in [1.82, 2.24) is 10.2 Å². The highest BCUT2D eigenvalue weighted by molar-refractivity contribution is 6.06. The Balaban J connectivity index is 2.11. The summed E-state index contributed by atoms with van der Waals surface area (Å²) in [7, 11) is 0. The first-order valence-corrected chi connectivity index (χ1v) is 5.94. The van der Waals surface area contributed by atoms with E-state index in [9.17, 15) is 4.79 Å². The minimum atomic E-state index is -0.576. The molecule has 0 aromatic heterocycles. The molecular weight excluding hydrogens is 204 g/mol. The van der Waals surface area contributed by atoms with Gasteiger partial charge in [-0.3, -0.25) is 10.1 Å². The van der Waals surface area contributed by atoms with Crippen LogP contribution in [0.5, 0.6) is 0 Å². The van der Waals surface area contributed by atoms with Crippen molar-refractivity contribution in [3.8, 4) is 0 Å². The Labute approximate surface area is 96.1 Å². The number of rotatable bonds is 1. The van der Waals surface area contributed by atoms with Gasteiger partial charge in [-0.2, -0.15) is 0 Å². The lowest BCUT2D eigenvalue weighted by molar-refractivity contribution is -0.124. The zero-order chi connectivity index (χ0) is 11.8. The van der Waals surface area contributed by atoms with Crippen LogP contribution in [-0.2, 0) is 4.79 Å². The normalized spacial score (nSPS) is 31.7. The number of nitrogens with zero attached hydrogens (tertiary/aromatic N) is 2. The Morgan fingerprint density at radius 1 is 1.44 bits per heavy atom. The van der Waals surface area contributed by atoms with Gasteiger partial charge in [0.15, 0.2) is 5.96 Å². The van der Waals surface area contributed by atoms with E-state index in [1.54, 1.807) is 0 Å².